The topological polar surface area (TPSA) is 38.5 Å². The number of nitrogens with zero attached hydrogens (tertiary/aromatic N) is 1. The average Bonchev–Trinajstić information content (AvgIpc) is 2.85. The Kier molecular flexibility index (Phi) is 4.51. The van der Waals surface area contributed by atoms with Gasteiger partial charge in [0.25, 0.3) is 0 Å². The van der Waals surface area contributed by atoms with Crippen molar-refractivity contribution in [2.45, 2.75) is 50.6 Å². The second kappa shape index (κ2) is 6.37. The zero-order valence-corrected chi connectivity index (χ0v) is 13.3. The van der Waals surface area contributed by atoms with Crippen molar-refractivity contribution in [3.05, 3.63) is 29.3 Å². The number of likely N-dealkylation sites (N-methyl/N-ethyl adjacent to an activating group) is 1. The van der Waals surface area contributed by atoms with Crippen molar-refractivity contribution in [3.63, 3.8) is 0 Å². The minimum Gasteiger partial charge on any atom is -0.497 e. The second-order valence-electron chi connectivity index (χ2n) is 6.81. The molecule has 116 valence electrons. The third-order valence-electron chi connectivity index (χ3n) is 5.39. The van der Waals surface area contributed by atoms with Gasteiger partial charge in [0, 0.05) is 18.6 Å². The normalized spacial score (nSPS) is 26.1. The molecule has 3 heteroatoms. The molecule has 2 N–H and O–H groups in total. The maximum Gasteiger partial charge on any atom is 0.119 e. The molecule has 0 saturated heterocycles. The van der Waals surface area contributed by atoms with Gasteiger partial charge in [-0.2, -0.15) is 0 Å². The highest BCUT2D eigenvalue weighted by Gasteiger charge is 2.33. The predicted octanol–water partition coefficient (Wildman–Crippen LogP) is 3.13. The zero-order valence-electron chi connectivity index (χ0n) is 13.3. The van der Waals surface area contributed by atoms with Crippen LogP contribution in [0.4, 0.5) is 0 Å². The molecule has 2 unspecified atom stereocenters. The van der Waals surface area contributed by atoms with Gasteiger partial charge in [-0.05, 0) is 55.5 Å². The summed E-state index contributed by atoms with van der Waals surface area (Å²) in [5, 5.41) is 0. The first-order valence-corrected chi connectivity index (χ1v) is 8.31. The number of methoxy groups -OCH3 is 1. The van der Waals surface area contributed by atoms with Gasteiger partial charge < -0.3 is 15.4 Å². The molecule has 2 aliphatic rings. The summed E-state index contributed by atoms with van der Waals surface area (Å²) in [6.07, 6.45) is 8.11. The van der Waals surface area contributed by atoms with E-state index in [1.54, 1.807) is 7.11 Å². The van der Waals surface area contributed by atoms with E-state index in [-0.39, 0.29) is 6.04 Å². The van der Waals surface area contributed by atoms with Crippen molar-refractivity contribution in [1.82, 2.24) is 4.90 Å². The monoisotopic (exact) mass is 288 g/mol. The standard InChI is InChI=1S/C18H28N2O/c1-20(12-13-6-4-3-5-7-13)17-10-14-8-9-15(21-2)11-16(14)18(17)19/h8-9,11,13,17-18H,3-7,10,12,19H2,1-2H3. The first kappa shape index (κ1) is 14.9. The van der Waals surface area contributed by atoms with Crippen LogP contribution in [0.3, 0.4) is 0 Å². The van der Waals surface area contributed by atoms with Crippen LogP contribution >= 0.6 is 0 Å². The number of rotatable bonds is 4. The van der Waals surface area contributed by atoms with Crippen LogP contribution in [0.1, 0.15) is 49.3 Å². The number of fused-ring (bicyclic) bond motifs is 1. The van der Waals surface area contributed by atoms with Crippen molar-refractivity contribution in [2.75, 3.05) is 20.7 Å². The summed E-state index contributed by atoms with van der Waals surface area (Å²) in [6, 6.07) is 6.91. The Morgan fingerprint density at radius 2 is 2.00 bits per heavy atom. The van der Waals surface area contributed by atoms with E-state index < -0.39 is 0 Å². The number of hydrogen-bond acceptors (Lipinski definition) is 3. The lowest BCUT2D eigenvalue weighted by molar-refractivity contribution is 0.169. The van der Waals surface area contributed by atoms with Crippen LogP contribution in [0.25, 0.3) is 0 Å². The third kappa shape index (κ3) is 3.09. The Morgan fingerprint density at radius 1 is 1.24 bits per heavy atom. The molecule has 1 aromatic carbocycles. The number of hydrogen-bond donors (Lipinski definition) is 1. The molecule has 3 rings (SSSR count). The van der Waals surface area contributed by atoms with Gasteiger partial charge in [0.1, 0.15) is 5.75 Å². The van der Waals surface area contributed by atoms with Gasteiger partial charge in [-0.15, -0.1) is 0 Å². The second-order valence-corrected chi connectivity index (χ2v) is 6.81. The summed E-state index contributed by atoms with van der Waals surface area (Å²) >= 11 is 0. The van der Waals surface area contributed by atoms with Gasteiger partial charge in [0.15, 0.2) is 0 Å². The average molecular weight is 288 g/mol. The number of ether oxygens (including phenoxy) is 1. The van der Waals surface area contributed by atoms with Crippen LogP contribution in [-0.2, 0) is 6.42 Å². The van der Waals surface area contributed by atoms with E-state index in [9.17, 15) is 0 Å². The van der Waals surface area contributed by atoms with E-state index in [4.69, 9.17) is 10.5 Å². The molecule has 0 bridgehead atoms. The van der Waals surface area contributed by atoms with Crippen LogP contribution < -0.4 is 10.5 Å². The fourth-order valence-electron chi connectivity index (χ4n) is 4.10. The lowest BCUT2D eigenvalue weighted by Crippen LogP contribution is -2.41. The minimum atomic E-state index is 0.115. The third-order valence-corrected chi connectivity index (χ3v) is 5.39. The van der Waals surface area contributed by atoms with Crippen molar-refractivity contribution in [3.8, 4) is 5.75 Å². The zero-order chi connectivity index (χ0) is 14.8. The van der Waals surface area contributed by atoms with Gasteiger partial charge in [-0.3, -0.25) is 0 Å². The van der Waals surface area contributed by atoms with Crippen molar-refractivity contribution < 1.29 is 4.74 Å². The van der Waals surface area contributed by atoms with E-state index in [1.165, 1.54) is 49.8 Å². The van der Waals surface area contributed by atoms with Crippen LogP contribution in [0.15, 0.2) is 18.2 Å². The first-order chi connectivity index (χ1) is 10.2. The Morgan fingerprint density at radius 3 is 2.71 bits per heavy atom. The molecule has 0 spiro atoms. The van der Waals surface area contributed by atoms with Crippen LogP contribution in [0.5, 0.6) is 5.75 Å². The molecular formula is C18H28N2O. The van der Waals surface area contributed by atoms with E-state index in [2.05, 4.69) is 30.1 Å². The molecule has 1 aromatic rings. The maximum atomic E-state index is 6.52. The molecule has 0 aliphatic heterocycles. The van der Waals surface area contributed by atoms with Gasteiger partial charge in [-0.1, -0.05) is 25.3 Å². The fourth-order valence-corrected chi connectivity index (χ4v) is 4.10. The summed E-state index contributed by atoms with van der Waals surface area (Å²) in [5.41, 5.74) is 9.19. The lowest BCUT2D eigenvalue weighted by Gasteiger charge is -2.33. The molecule has 0 heterocycles. The van der Waals surface area contributed by atoms with Crippen molar-refractivity contribution >= 4 is 0 Å². The molecule has 0 aromatic heterocycles. The van der Waals surface area contributed by atoms with Crippen LogP contribution in [-0.4, -0.2) is 31.6 Å². The van der Waals surface area contributed by atoms with Gasteiger partial charge in [-0.25, -0.2) is 0 Å². The molecule has 0 radical (unpaired) electrons. The number of benzene rings is 1. The van der Waals surface area contributed by atoms with Gasteiger partial charge in [0.2, 0.25) is 0 Å². The van der Waals surface area contributed by atoms with Gasteiger partial charge >= 0.3 is 0 Å². The molecular weight excluding hydrogens is 260 g/mol. The van der Waals surface area contributed by atoms with Crippen molar-refractivity contribution in [1.29, 1.82) is 0 Å². The smallest absolute Gasteiger partial charge is 0.119 e. The Labute approximate surface area is 128 Å². The molecule has 1 fully saturated rings. The van der Waals surface area contributed by atoms with E-state index in [1.807, 2.05) is 0 Å². The lowest BCUT2D eigenvalue weighted by atomic mass is 9.88. The highest BCUT2D eigenvalue weighted by atomic mass is 16.5. The molecule has 1 saturated carbocycles. The highest BCUT2D eigenvalue weighted by molar-refractivity contribution is 5.42. The van der Waals surface area contributed by atoms with Gasteiger partial charge in [0.05, 0.1) is 7.11 Å². The summed E-state index contributed by atoms with van der Waals surface area (Å²) in [4.78, 5) is 2.51. The van der Waals surface area contributed by atoms with Crippen LogP contribution in [0, 0.1) is 5.92 Å². The molecule has 3 nitrogen and oxygen atoms in total. The maximum absolute atomic E-state index is 6.52. The fraction of sp³-hybridized carbons (Fsp3) is 0.667. The summed E-state index contributed by atoms with van der Waals surface area (Å²) < 4.78 is 5.34. The van der Waals surface area contributed by atoms with E-state index >= 15 is 0 Å². The summed E-state index contributed by atoms with van der Waals surface area (Å²) in [5.74, 6) is 1.79. The number of nitrogens with two attached hydrogens (primary N) is 1. The predicted molar refractivity (Wildman–Crippen MR) is 86.6 cm³/mol. The quantitative estimate of drug-likeness (QED) is 0.925. The first-order valence-electron chi connectivity index (χ1n) is 8.31. The molecule has 2 aliphatic carbocycles. The Hall–Kier alpha value is -1.06. The SMILES string of the molecule is COc1ccc2c(c1)C(N)C(N(C)CC1CCCCC1)C2. The minimum absolute atomic E-state index is 0.115. The summed E-state index contributed by atoms with van der Waals surface area (Å²) in [6.45, 7) is 1.20. The Bertz CT molecular complexity index is 482. The highest BCUT2D eigenvalue weighted by Crippen LogP contribution is 2.35. The largest absolute Gasteiger partial charge is 0.497 e. The van der Waals surface area contributed by atoms with Crippen LogP contribution in [0.2, 0.25) is 0 Å². The summed E-state index contributed by atoms with van der Waals surface area (Å²) in [7, 11) is 3.97. The van der Waals surface area contributed by atoms with E-state index in [0.29, 0.717) is 6.04 Å². The van der Waals surface area contributed by atoms with Crippen molar-refractivity contribution in [2.24, 2.45) is 11.7 Å². The van der Waals surface area contributed by atoms with E-state index in [0.717, 1.165) is 18.1 Å². The Balaban J connectivity index is 1.67. The molecule has 0 amide bonds. The molecule has 2 atom stereocenters. The molecule has 21 heavy (non-hydrogen) atoms.